The molecule has 0 saturated carbocycles. The number of benzene rings is 2. The number of aliphatic hydroxyl groups excluding tert-OH is 1. The van der Waals surface area contributed by atoms with E-state index in [9.17, 15) is 5.11 Å². The van der Waals surface area contributed by atoms with Gasteiger partial charge in [-0.15, -0.1) is 0 Å². The van der Waals surface area contributed by atoms with E-state index in [2.05, 4.69) is 4.98 Å². The minimum atomic E-state index is -0.326. The molecule has 0 aromatic heterocycles. The summed E-state index contributed by atoms with van der Waals surface area (Å²) in [6.45, 7) is 0. The number of allylic oxidation sites excluding steroid dienone is 1. The van der Waals surface area contributed by atoms with Crippen molar-refractivity contribution in [3.63, 3.8) is 0 Å². The Morgan fingerprint density at radius 2 is 1.45 bits per heavy atom. The molecule has 0 atom stereocenters. The normalized spacial score (nSPS) is 14.1. The van der Waals surface area contributed by atoms with E-state index >= 15 is 0 Å². The van der Waals surface area contributed by atoms with Crippen LogP contribution in [0.5, 0.6) is 0 Å². The molecule has 0 bridgehead atoms. The van der Waals surface area contributed by atoms with Gasteiger partial charge in [-0.05, 0) is 22.3 Å². The molecule has 0 aliphatic heterocycles. The maximum absolute atomic E-state index is 10.3. The van der Waals surface area contributed by atoms with Gasteiger partial charge in [-0.25, -0.2) is 0 Å². The molecule has 2 aromatic rings. The first-order valence-corrected chi connectivity index (χ1v) is 6.40. The highest BCUT2D eigenvalue weighted by atomic mass is 16.3. The quantitative estimate of drug-likeness (QED) is 0.604. The minimum absolute atomic E-state index is 0.0242. The van der Waals surface area contributed by atoms with Crippen LogP contribution >= 0.6 is 0 Å². The number of fused-ring (bicyclic) bond motifs is 2. The zero-order chi connectivity index (χ0) is 13.9. The van der Waals surface area contributed by atoms with Gasteiger partial charge in [0.25, 0.3) is 0 Å². The van der Waals surface area contributed by atoms with Crippen molar-refractivity contribution in [1.29, 1.82) is 5.39 Å². The van der Waals surface area contributed by atoms with Crippen molar-refractivity contribution < 1.29 is 5.11 Å². The van der Waals surface area contributed by atoms with Crippen LogP contribution in [0.2, 0.25) is 0 Å². The van der Waals surface area contributed by atoms with E-state index in [-0.39, 0.29) is 11.7 Å². The van der Waals surface area contributed by atoms with Gasteiger partial charge in [0, 0.05) is 0 Å². The summed E-state index contributed by atoms with van der Waals surface area (Å²) >= 11 is 0. The standard InChI is InChI=1S/C17H12N2O/c18-19-11-16(20)17-14-7-3-1-5-12(14)9-10-13-6-2-4-8-15(13)17/h1-11,17H/p+1/b16-11-. The fraction of sp³-hybridized carbons (Fsp3) is 0.0588. The molecule has 3 rings (SSSR count). The first kappa shape index (κ1) is 12.2. The van der Waals surface area contributed by atoms with Gasteiger partial charge in [0.05, 0.1) is 5.92 Å². The number of hydrogen-bond donors (Lipinski definition) is 1. The molecule has 0 amide bonds. The van der Waals surface area contributed by atoms with Crippen molar-refractivity contribution >= 4 is 12.2 Å². The SMILES string of the molecule is N#[N+]/C=C(\O)C1c2ccccc2C=Cc2ccccc21. The Morgan fingerprint density at radius 1 is 0.950 bits per heavy atom. The summed E-state index contributed by atoms with van der Waals surface area (Å²) < 4.78 is 0. The maximum atomic E-state index is 10.3. The van der Waals surface area contributed by atoms with E-state index in [1.54, 1.807) is 0 Å². The second-order valence-electron chi connectivity index (χ2n) is 4.69. The second kappa shape index (κ2) is 5.02. The maximum Gasteiger partial charge on any atom is 0.388 e. The van der Waals surface area contributed by atoms with Gasteiger partial charge in [-0.1, -0.05) is 60.7 Å². The van der Waals surface area contributed by atoms with E-state index in [0.717, 1.165) is 28.5 Å². The summed E-state index contributed by atoms with van der Waals surface area (Å²) in [6.07, 6.45) is 5.17. The molecular weight excluding hydrogens is 248 g/mol. The van der Waals surface area contributed by atoms with Crippen LogP contribution in [0.4, 0.5) is 0 Å². The Morgan fingerprint density at radius 3 is 1.95 bits per heavy atom. The number of diazo groups is 1. The second-order valence-corrected chi connectivity index (χ2v) is 4.69. The molecule has 96 valence electrons. The zero-order valence-electron chi connectivity index (χ0n) is 10.8. The van der Waals surface area contributed by atoms with Crippen LogP contribution in [0.1, 0.15) is 28.2 Å². The van der Waals surface area contributed by atoms with Gasteiger partial charge in [-0.2, -0.15) is 0 Å². The van der Waals surface area contributed by atoms with Crippen LogP contribution in [-0.4, -0.2) is 5.11 Å². The Balaban J connectivity index is 2.29. The minimum Gasteiger partial charge on any atom is -0.505 e. The molecular formula is C17H13N2O+. The third kappa shape index (κ3) is 1.98. The summed E-state index contributed by atoms with van der Waals surface area (Å²) in [5.41, 5.74) is 4.08. The summed E-state index contributed by atoms with van der Waals surface area (Å²) in [5, 5.41) is 19.0. The third-order valence-corrected chi connectivity index (χ3v) is 3.54. The lowest BCUT2D eigenvalue weighted by Crippen LogP contribution is -2.06. The van der Waals surface area contributed by atoms with Crippen LogP contribution in [-0.2, 0) is 0 Å². The molecule has 20 heavy (non-hydrogen) atoms. The molecule has 0 heterocycles. The molecule has 3 heteroatoms. The third-order valence-electron chi connectivity index (χ3n) is 3.54. The average molecular weight is 261 g/mol. The smallest absolute Gasteiger partial charge is 0.388 e. The van der Waals surface area contributed by atoms with E-state index < -0.39 is 0 Å². The summed E-state index contributed by atoms with van der Waals surface area (Å²) in [5.74, 6) is -0.301. The monoisotopic (exact) mass is 261 g/mol. The molecule has 0 radical (unpaired) electrons. The van der Waals surface area contributed by atoms with Gasteiger partial charge < -0.3 is 5.11 Å². The predicted octanol–water partition coefficient (Wildman–Crippen LogP) is 4.55. The number of nitrogens with zero attached hydrogens (tertiary/aromatic N) is 2. The zero-order valence-corrected chi connectivity index (χ0v) is 10.8. The van der Waals surface area contributed by atoms with E-state index in [1.807, 2.05) is 60.7 Å². The molecule has 1 aliphatic rings. The molecule has 1 N–H and O–H groups in total. The van der Waals surface area contributed by atoms with Crippen LogP contribution in [0.25, 0.3) is 17.1 Å². The molecule has 2 aromatic carbocycles. The van der Waals surface area contributed by atoms with Gasteiger partial charge in [0.2, 0.25) is 5.39 Å². The van der Waals surface area contributed by atoms with Gasteiger partial charge >= 0.3 is 6.20 Å². The van der Waals surface area contributed by atoms with Crippen molar-refractivity contribution in [3.8, 4) is 0 Å². The van der Waals surface area contributed by atoms with Crippen molar-refractivity contribution in [2.45, 2.75) is 5.92 Å². The highest BCUT2D eigenvalue weighted by Crippen LogP contribution is 2.38. The summed E-state index contributed by atoms with van der Waals surface area (Å²) in [6, 6.07) is 15.8. The number of rotatable bonds is 1. The molecule has 1 aliphatic carbocycles. The van der Waals surface area contributed by atoms with Crippen molar-refractivity contribution in [1.82, 2.24) is 0 Å². The van der Waals surface area contributed by atoms with Crippen molar-refractivity contribution in [2.24, 2.45) is 0 Å². The van der Waals surface area contributed by atoms with Gasteiger partial charge in [0.15, 0.2) is 10.7 Å². The molecule has 0 fully saturated rings. The van der Waals surface area contributed by atoms with Crippen LogP contribution in [0.3, 0.4) is 0 Å². The van der Waals surface area contributed by atoms with Crippen molar-refractivity contribution in [3.05, 3.63) is 87.7 Å². The fourth-order valence-electron chi connectivity index (χ4n) is 2.65. The highest BCUT2D eigenvalue weighted by Gasteiger charge is 2.26. The summed E-state index contributed by atoms with van der Waals surface area (Å²) in [4.78, 5) is 2.95. The molecule has 0 saturated heterocycles. The number of hydrogen-bond acceptors (Lipinski definition) is 2. The Bertz CT molecular complexity index is 704. The largest absolute Gasteiger partial charge is 0.505 e. The lowest BCUT2D eigenvalue weighted by molar-refractivity contribution is 0.381. The van der Waals surface area contributed by atoms with Crippen LogP contribution in [0, 0.1) is 5.39 Å². The van der Waals surface area contributed by atoms with Crippen LogP contribution < -0.4 is 0 Å². The predicted molar refractivity (Wildman–Crippen MR) is 79.5 cm³/mol. The van der Waals surface area contributed by atoms with Crippen molar-refractivity contribution in [2.75, 3.05) is 0 Å². The Hall–Kier alpha value is -2.86. The molecule has 0 spiro atoms. The first-order chi connectivity index (χ1) is 9.81. The highest BCUT2D eigenvalue weighted by molar-refractivity contribution is 5.77. The Kier molecular flexibility index (Phi) is 3.06. The topological polar surface area (TPSA) is 48.4 Å². The average Bonchev–Trinajstić information content (AvgIpc) is 2.64. The Labute approximate surface area is 117 Å². The van der Waals surface area contributed by atoms with E-state index in [1.165, 1.54) is 0 Å². The van der Waals surface area contributed by atoms with E-state index in [4.69, 9.17) is 5.39 Å². The summed E-state index contributed by atoms with van der Waals surface area (Å²) in [7, 11) is 0. The van der Waals surface area contributed by atoms with Crippen LogP contribution in [0.15, 0.2) is 60.5 Å². The number of aliphatic hydroxyl groups is 1. The first-order valence-electron chi connectivity index (χ1n) is 6.40. The fourth-order valence-corrected chi connectivity index (χ4v) is 2.65. The van der Waals surface area contributed by atoms with Gasteiger partial charge in [-0.3, -0.25) is 0 Å². The molecule has 3 nitrogen and oxygen atoms in total. The lowest BCUT2D eigenvalue weighted by Gasteiger charge is -2.17. The molecule has 0 unspecified atom stereocenters. The van der Waals surface area contributed by atoms with Gasteiger partial charge in [0.1, 0.15) is 0 Å². The van der Waals surface area contributed by atoms with E-state index in [0.29, 0.717) is 0 Å². The lowest BCUT2D eigenvalue weighted by atomic mass is 9.86.